The van der Waals surface area contributed by atoms with E-state index in [0.29, 0.717) is 12.0 Å². The summed E-state index contributed by atoms with van der Waals surface area (Å²) in [4.78, 5) is 125. The Kier molecular flexibility index (Phi) is 29.3. The normalized spacial score (nSPS) is 23.3. The van der Waals surface area contributed by atoms with Gasteiger partial charge in [-0.3, -0.25) is 43.2 Å². The molecule has 16 N–H and O–H groups in total. The Morgan fingerprint density at radius 3 is 1.74 bits per heavy atom. The van der Waals surface area contributed by atoms with Gasteiger partial charge in [-0.25, -0.2) is 0 Å². The number of aliphatic hydroxyl groups is 1. The highest BCUT2D eigenvalue weighted by Crippen LogP contribution is 2.13. The second-order valence-electron chi connectivity index (χ2n) is 19.5. The number of nitrogens with two attached hydrogens (primary N) is 3. The van der Waals surface area contributed by atoms with Gasteiger partial charge in [-0.2, -0.15) is 0 Å². The molecule has 1 aromatic rings. The monoisotopic (exact) mass is 1010 g/mol. The van der Waals surface area contributed by atoms with Crippen molar-refractivity contribution in [2.24, 2.45) is 29.0 Å². The Balaban J connectivity index is 2.63. The summed E-state index contributed by atoms with van der Waals surface area (Å²) in [5.74, 6) is -6.90. The predicted molar refractivity (Wildman–Crippen MR) is 273 cm³/mol. The van der Waals surface area contributed by atoms with Gasteiger partial charge in [0, 0.05) is 13.0 Å². The molecule has 1 fully saturated rings. The van der Waals surface area contributed by atoms with Gasteiger partial charge in [-0.15, -0.1) is 0 Å². The van der Waals surface area contributed by atoms with Gasteiger partial charge >= 0.3 is 0 Å². The zero-order valence-corrected chi connectivity index (χ0v) is 43.3. The Morgan fingerprint density at radius 1 is 0.639 bits per heavy atom. The summed E-state index contributed by atoms with van der Waals surface area (Å²) in [5, 5.41) is 34.6. The minimum Gasteiger partial charge on any atom is -0.393 e. The van der Waals surface area contributed by atoms with Crippen molar-refractivity contribution in [2.45, 2.75) is 186 Å². The van der Waals surface area contributed by atoms with Crippen LogP contribution in [0.25, 0.3) is 0 Å². The van der Waals surface area contributed by atoms with Crippen LogP contribution >= 0.6 is 0 Å². The van der Waals surface area contributed by atoms with Crippen LogP contribution in [0.3, 0.4) is 0 Å². The minimum absolute atomic E-state index is 0.0256. The first-order valence-corrected chi connectivity index (χ1v) is 25.7. The number of carbonyl (C=O) groups excluding carboxylic acids is 9. The van der Waals surface area contributed by atoms with E-state index in [4.69, 9.17) is 17.2 Å². The van der Waals surface area contributed by atoms with Crippen molar-refractivity contribution in [1.29, 1.82) is 0 Å². The van der Waals surface area contributed by atoms with E-state index in [1.807, 2.05) is 27.7 Å². The van der Waals surface area contributed by atoms with Crippen molar-refractivity contribution in [2.75, 3.05) is 26.2 Å². The van der Waals surface area contributed by atoms with Crippen LogP contribution in [0.15, 0.2) is 30.3 Å². The van der Waals surface area contributed by atoms with E-state index >= 15 is 0 Å². The van der Waals surface area contributed by atoms with Crippen LogP contribution in [-0.4, -0.2) is 139 Å². The number of unbranched alkanes of at least 4 members (excludes halogenated alkanes) is 4. The quantitative estimate of drug-likeness (QED) is 0.0580. The van der Waals surface area contributed by atoms with E-state index < -0.39 is 108 Å². The second-order valence-corrected chi connectivity index (χ2v) is 19.5. The first kappa shape index (κ1) is 62.4. The first-order chi connectivity index (χ1) is 34.2. The molecule has 1 saturated heterocycles. The second kappa shape index (κ2) is 33.8. The molecule has 0 radical (unpaired) electrons. The van der Waals surface area contributed by atoms with Crippen LogP contribution in [0.1, 0.15) is 131 Å². The van der Waals surface area contributed by atoms with E-state index in [1.165, 1.54) is 6.92 Å². The topological polar surface area (TPSA) is 360 Å². The summed E-state index contributed by atoms with van der Waals surface area (Å²) in [6.07, 6.45) is 3.78. The molecule has 1 aromatic carbocycles. The Morgan fingerprint density at radius 2 is 1.15 bits per heavy atom. The molecule has 0 aromatic heterocycles. The van der Waals surface area contributed by atoms with Crippen LogP contribution in [0, 0.1) is 11.8 Å². The third kappa shape index (κ3) is 23.7. The largest absolute Gasteiger partial charge is 0.393 e. The van der Waals surface area contributed by atoms with E-state index in [1.54, 1.807) is 30.3 Å². The molecule has 72 heavy (non-hydrogen) atoms. The molecule has 1 heterocycles. The van der Waals surface area contributed by atoms with E-state index in [-0.39, 0.29) is 89.4 Å². The zero-order chi connectivity index (χ0) is 53.8. The maximum atomic E-state index is 14.3. The molecule has 406 valence electrons. The molecule has 9 atom stereocenters. The summed E-state index contributed by atoms with van der Waals surface area (Å²) >= 11 is 0. The lowest BCUT2D eigenvalue weighted by molar-refractivity contribution is -0.136. The molecule has 1 aliphatic heterocycles. The first-order valence-electron chi connectivity index (χ1n) is 25.7. The van der Waals surface area contributed by atoms with Gasteiger partial charge in [0.2, 0.25) is 53.2 Å². The van der Waals surface area contributed by atoms with Crippen molar-refractivity contribution in [1.82, 2.24) is 47.9 Å². The average molecular weight is 1020 g/mol. The molecular weight excluding hydrogens is 929 g/mol. The number of benzene rings is 1. The molecule has 0 spiro atoms. The molecular formula is C50H86N12O10. The fourth-order valence-corrected chi connectivity index (χ4v) is 8.09. The maximum absolute atomic E-state index is 14.3. The summed E-state index contributed by atoms with van der Waals surface area (Å²) in [7, 11) is 0. The minimum atomic E-state index is -1.45. The molecule has 0 bridgehead atoms. The molecule has 0 unspecified atom stereocenters. The number of aliphatic hydroxyl groups excluding tert-OH is 1. The highest BCUT2D eigenvalue weighted by atomic mass is 16.3. The van der Waals surface area contributed by atoms with Crippen molar-refractivity contribution in [3.63, 3.8) is 0 Å². The lowest BCUT2D eigenvalue weighted by Crippen LogP contribution is -2.60. The van der Waals surface area contributed by atoms with Crippen molar-refractivity contribution < 1.29 is 48.3 Å². The summed E-state index contributed by atoms with van der Waals surface area (Å²) in [5.41, 5.74) is 18.3. The van der Waals surface area contributed by atoms with Crippen molar-refractivity contribution in [3.8, 4) is 0 Å². The average Bonchev–Trinajstić information content (AvgIpc) is 3.31. The van der Waals surface area contributed by atoms with Gasteiger partial charge in [0.15, 0.2) is 0 Å². The molecule has 0 aliphatic carbocycles. The van der Waals surface area contributed by atoms with E-state index in [2.05, 4.69) is 54.8 Å². The van der Waals surface area contributed by atoms with Crippen LogP contribution in [0.2, 0.25) is 0 Å². The van der Waals surface area contributed by atoms with Crippen LogP contribution < -0.4 is 65.1 Å². The van der Waals surface area contributed by atoms with Gasteiger partial charge < -0.3 is 70.2 Å². The molecule has 22 heteroatoms. The van der Waals surface area contributed by atoms with Crippen molar-refractivity contribution >= 4 is 53.2 Å². The standard InChI is InChI=1S/C50H86N12O10/c1-7-8-9-10-14-17-34(63)29-42(64)56-35(18-22-51)46(68)59-38-21-25-54-44(66)39(26-30(2)3)60-43(65)32(6)55-45(67)36(19-23-52)58-49(71)40(27-31(4)5)61-50(72)41(28-33-15-12-11-13-16-33)62-47(69)37(20-24-53)57-48(38)70/h11-13,15-16,30-32,34-41,63H,7-10,14,17-29,51-53H2,1-6H3,(H,54,66)(H,55,67)(H,56,64)(H,57,70)(H,58,71)(H,59,68)(H,60,65)(H,61,72)(H,62,69)/t32-,34+,35+,36-,37-,38-,39-,40-,41+/m0/s1. The number of hydrogen-bond donors (Lipinski definition) is 13. The third-order valence-electron chi connectivity index (χ3n) is 12.1. The Labute approximate surface area is 425 Å². The van der Waals surface area contributed by atoms with Crippen LogP contribution in [0.5, 0.6) is 0 Å². The fourth-order valence-electron chi connectivity index (χ4n) is 8.09. The summed E-state index contributed by atoms with van der Waals surface area (Å²) in [6.45, 7) is 10.4. The SMILES string of the molecule is CCCCCCC[C@@H](O)CC(=O)N[C@H](CCN)C(=O)N[C@H]1CCNC(=O)[C@H](CC(C)C)NC(=O)[C@H](C)NC(=O)[C@H](CCN)NC(=O)[C@H](CC(C)C)NC(=O)[C@@H](Cc2ccccc2)NC(=O)[C@H](CCN)NC1=O. The van der Waals surface area contributed by atoms with Crippen LogP contribution in [-0.2, 0) is 49.6 Å². The molecule has 9 amide bonds. The zero-order valence-electron chi connectivity index (χ0n) is 43.3. The Hall–Kier alpha value is -5.71. The number of amides is 9. The van der Waals surface area contributed by atoms with Gasteiger partial charge in [-0.1, -0.05) is 97.1 Å². The fraction of sp³-hybridized carbons (Fsp3) is 0.700. The molecule has 1 aliphatic rings. The number of carbonyl (C=O) groups is 9. The molecule has 2 rings (SSSR count). The summed E-state index contributed by atoms with van der Waals surface area (Å²) < 4.78 is 0. The molecule has 22 nitrogen and oxygen atoms in total. The number of nitrogens with one attached hydrogen (secondary N) is 9. The number of rotatable bonds is 23. The van der Waals surface area contributed by atoms with Crippen LogP contribution in [0.4, 0.5) is 0 Å². The smallest absolute Gasteiger partial charge is 0.243 e. The number of hydrogen-bond acceptors (Lipinski definition) is 13. The third-order valence-corrected chi connectivity index (χ3v) is 12.1. The van der Waals surface area contributed by atoms with Gasteiger partial charge in [0.25, 0.3) is 0 Å². The maximum Gasteiger partial charge on any atom is 0.243 e. The van der Waals surface area contributed by atoms with E-state index in [9.17, 15) is 48.3 Å². The highest BCUT2D eigenvalue weighted by Gasteiger charge is 2.35. The summed E-state index contributed by atoms with van der Waals surface area (Å²) in [6, 6.07) is -1.35. The molecule has 0 saturated carbocycles. The van der Waals surface area contributed by atoms with Gasteiger partial charge in [0.1, 0.15) is 48.3 Å². The van der Waals surface area contributed by atoms with Gasteiger partial charge in [0.05, 0.1) is 12.5 Å². The Bertz CT molecular complexity index is 1890. The lowest BCUT2D eigenvalue weighted by Gasteiger charge is -2.28. The van der Waals surface area contributed by atoms with Crippen molar-refractivity contribution in [3.05, 3.63) is 35.9 Å². The van der Waals surface area contributed by atoms with E-state index in [0.717, 1.165) is 32.1 Å². The highest BCUT2D eigenvalue weighted by molar-refractivity contribution is 5.98. The lowest BCUT2D eigenvalue weighted by atomic mass is 10.00. The predicted octanol–water partition coefficient (Wildman–Crippen LogP) is -1.10. The van der Waals surface area contributed by atoms with Gasteiger partial charge in [-0.05, 0) is 88.9 Å².